The molecule has 0 N–H and O–H groups in total. The molecule has 132 valence electrons. The van der Waals surface area contributed by atoms with Gasteiger partial charge in [-0.15, -0.1) is 0 Å². The van der Waals surface area contributed by atoms with Crippen LogP contribution >= 0.6 is 0 Å². The average molecular weight is 330 g/mol. The number of carbonyl (C=O) groups is 2. The minimum atomic E-state index is 0.0419. The molecule has 1 aromatic carbocycles. The fraction of sp³-hybridized carbons (Fsp3) is 0.600. The maximum atomic E-state index is 12.7. The fourth-order valence-corrected chi connectivity index (χ4v) is 3.46. The summed E-state index contributed by atoms with van der Waals surface area (Å²) in [5.41, 5.74) is 0.931. The normalized spacial score (nSPS) is 20.5. The third-order valence-corrected chi connectivity index (χ3v) is 5.12. The van der Waals surface area contributed by atoms with E-state index in [4.69, 9.17) is 0 Å². The zero-order valence-corrected chi connectivity index (χ0v) is 15.2. The molecule has 0 aliphatic heterocycles. The number of nitrogens with zero attached hydrogens (tertiary/aromatic N) is 2. The average Bonchev–Trinajstić information content (AvgIpc) is 2.65. The van der Waals surface area contributed by atoms with E-state index in [1.54, 1.807) is 4.90 Å². The molecule has 0 spiro atoms. The summed E-state index contributed by atoms with van der Waals surface area (Å²) in [6, 6.07) is 9.75. The van der Waals surface area contributed by atoms with Crippen LogP contribution in [-0.2, 0) is 9.59 Å². The lowest BCUT2D eigenvalue weighted by Crippen LogP contribution is -2.39. The highest BCUT2D eigenvalue weighted by atomic mass is 16.2. The summed E-state index contributed by atoms with van der Waals surface area (Å²) in [7, 11) is 3.74. The molecule has 1 aliphatic carbocycles. The molecule has 1 fully saturated rings. The number of hydrogen-bond acceptors (Lipinski definition) is 2. The van der Waals surface area contributed by atoms with Crippen molar-refractivity contribution in [2.75, 3.05) is 25.5 Å². The van der Waals surface area contributed by atoms with Crippen LogP contribution in [0.4, 0.5) is 5.69 Å². The highest BCUT2D eigenvalue weighted by molar-refractivity contribution is 5.94. The predicted octanol–water partition coefficient (Wildman–Crippen LogP) is 3.71. The van der Waals surface area contributed by atoms with E-state index in [0.717, 1.165) is 50.8 Å². The van der Waals surface area contributed by atoms with Gasteiger partial charge in [0, 0.05) is 38.2 Å². The number of rotatable bonds is 6. The Bertz CT molecular complexity index is 536. The fourth-order valence-electron chi connectivity index (χ4n) is 3.46. The van der Waals surface area contributed by atoms with Gasteiger partial charge in [-0.25, -0.2) is 0 Å². The van der Waals surface area contributed by atoms with E-state index in [0.29, 0.717) is 0 Å². The molecular formula is C20H30N2O2. The molecule has 4 nitrogen and oxygen atoms in total. The van der Waals surface area contributed by atoms with Crippen molar-refractivity contribution >= 4 is 17.5 Å². The highest BCUT2D eigenvalue weighted by Gasteiger charge is 2.32. The van der Waals surface area contributed by atoms with Crippen LogP contribution in [0.5, 0.6) is 0 Å². The molecule has 4 heteroatoms. The maximum absolute atomic E-state index is 12.7. The van der Waals surface area contributed by atoms with Crippen molar-refractivity contribution in [1.29, 1.82) is 0 Å². The Morgan fingerprint density at radius 1 is 0.958 bits per heavy atom. The summed E-state index contributed by atoms with van der Waals surface area (Å²) < 4.78 is 0. The topological polar surface area (TPSA) is 40.6 Å². The van der Waals surface area contributed by atoms with Crippen LogP contribution in [0.25, 0.3) is 0 Å². The molecule has 0 heterocycles. The Hall–Kier alpha value is -1.84. The number of para-hydroxylation sites is 1. The molecule has 0 radical (unpaired) electrons. The summed E-state index contributed by atoms with van der Waals surface area (Å²) in [6.07, 6.45) is 5.44. The van der Waals surface area contributed by atoms with Crippen molar-refractivity contribution < 1.29 is 9.59 Å². The Morgan fingerprint density at radius 2 is 1.50 bits per heavy atom. The summed E-state index contributed by atoms with van der Waals surface area (Å²) in [4.78, 5) is 28.8. The summed E-state index contributed by atoms with van der Waals surface area (Å²) in [5.74, 6) is 0.565. The van der Waals surface area contributed by atoms with Gasteiger partial charge in [0.25, 0.3) is 0 Å². The zero-order chi connectivity index (χ0) is 17.5. The Kier molecular flexibility index (Phi) is 6.83. The number of anilines is 1. The molecule has 1 aliphatic rings. The van der Waals surface area contributed by atoms with Crippen LogP contribution in [0.1, 0.15) is 45.4 Å². The van der Waals surface area contributed by atoms with Gasteiger partial charge in [-0.2, -0.15) is 0 Å². The molecule has 0 bridgehead atoms. The highest BCUT2D eigenvalue weighted by Crippen LogP contribution is 2.32. The lowest BCUT2D eigenvalue weighted by Gasteiger charge is -2.32. The van der Waals surface area contributed by atoms with E-state index in [1.165, 1.54) is 0 Å². The quantitative estimate of drug-likeness (QED) is 0.798. The third-order valence-electron chi connectivity index (χ3n) is 5.12. The molecule has 2 rings (SSSR count). The summed E-state index contributed by atoms with van der Waals surface area (Å²) in [6.45, 7) is 2.98. The van der Waals surface area contributed by atoms with E-state index in [2.05, 4.69) is 6.92 Å². The van der Waals surface area contributed by atoms with E-state index < -0.39 is 0 Å². The van der Waals surface area contributed by atoms with Crippen LogP contribution in [0, 0.1) is 11.8 Å². The van der Waals surface area contributed by atoms with Crippen molar-refractivity contribution in [2.45, 2.75) is 45.4 Å². The number of unbranched alkanes of at least 4 members (excludes halogenated alkanes) is 1. The van der Waals surface area contributed by atoms with Gasteiger partial charge in [0.2, 0.25) is 11.8 Å². The molecule has 1 saturated carbocycles. The van der Waals surface area contributed by atoms with Crippen molar-refractivity contribution in [3.8, 4) is 0 Å². The number of hydrogen-bond donors (Lipinski definition) is 0. The number of carbonyl (C=O) groups excluding carboxylic acids is 2. The number of benzene rings is 1. The van der Waals surface area contributed by atoms with Crippen molar-refractivity contribution in [1.82, 2.24) is 4.90 Å². The molecule has 24 heavy (non-hydrogen) atoms. The third kappa shape index (κ3) is 4.59. The first-order valence-electron chi connectivity index (χ1n) is 9.12. The van der Waals surface area contributed by atoms with Gasteiger partial charge in [-0.05, 0) is 44.2 Å². The van der Waals surface area contributed by atoms with Gasteiger partial charge in [0.1, 0.15) is 0 Å². The SMILES string of the molecule is CCCCN(C)C(=O)C1CCC(C(=O)N(C)c2ccccc2)CC1. The van der Waals surface area contributed by atoms with Crippen molar-refractivity contribution in [2.24, 2.45) is 11.8 Å². The van der Waals surface area contributed by atoms with E-state index in [9.17, 15) is 9.59 Å². The van der Waals surface area contributed by atoms with Crippen LogP contribution in [0.2, 0.25) is 0 Å². The first-order valence-corrected chi connectivity index (χ1v) is 9.12. The second kappa shape index (κ2) is 8.86. The molecule has 1 aromatic rings. The molecular weight excluding hydrogens is 300 g/mol. The van der Waals surface area contributed by atoms with Crippen LogP contribution < -0.4 is 4.90 Å². The second-order valence-electron chi connectivity index (χ2n) is 6.89. The lowest BCUT2D eigenvalue weighted by atomic mass is 9.80. The minimum absolute atomic E-state index is 0.0419. The largest absolute Gasteiger partial charge is 0.346 e. The predicted molar refractivity (Wildman–Crippen MR) is 97.8 cm³/mol. The van der Waals surface area contributed by atoms with Crippen LogP contribution in [-0.4, -0.2) is 37.4 Å². The molecule has 0 unspecified atom stereocenters. The zero-order valence-electron chi connectivity index (χ0n) is 15.2. The van der Waals surface area contributed by atoms with Crippen LogP contribution in [0.3, 0.4) is 0 Å². The van der Waals surface area contributed by atoms with E-state index in [-0.39, 0.29) is 23.7 Å². The smallest absolute Gasteiger partial charge is 0.229 e. The first-order chi connectivity index (χ1) is 11.5. The van der Waals surface area contributed by atoms with Gasteiger partial charge in [0.15, 0.2) is 0 Å². The molecule has 0 aromatic heterocycles. The summed E-state index contributed by atoms with van der Waals surface area (Å²) >= 11 is 0. The van der Waals surface area contributed by atoms with Gasteiger partial charge in [0.05, 0.1) is 0 Å². The number of amides is 2. The first kappa shape index (κ1) is 18.5. The van der Waals surface area contributed by atoms with Gasteiger partial charge in [-0.3, -0.25) is 9.59 Å². The standard InChI is InChI=1S/C20H30N2O2/c1-4-5-15-21(2)19(23)16-11-13-17(14-12-16)20(24)22(3)18-9-7-6-8-10-18/h6-10,16-17H,4-5,11-15H2,1-3H3. The van der Waals surface area contributed by atoms with Crippen LogP contribution in [0.15, 0.2) is 30.3 Å². The van der Waals surface area contributed by atoms with E-state index in [1.807, 2.05) is 49.3 Å². The Morgan fingerprint density at radius 3 is 2.04 bits per heavy atom. The molecule has 2 amide bonds. The van der Waals surface area contributed by atoms with Gasteiger partial charge >= 0.3 is 0 Å². The Balaban J connectivity index is 1.86. The summed E-state index contributed by atoms with van der Waals surface area (Å²) in [5, 5.41) is 0. The van der Waals surface area contributed by atoms with Gasteiger partial charge < -0.3 is 9.80 Å². The molecule has 0 saturated heterocycles. The second-order valence-corrected chi connectivity index (χ2v) is 6.89. The van der Waals surface area contributed by atoms with E-state index >= 15 is 0 Å². The molecule has 0 atom stereocenters. The monoisotopic (exact) mass is 330 g/mol. The van der Waals surface area contributed by atoms with Crippen molar-refractivity contribution in [3.63, 3.8) is 0 Å². The van der Waals surface area contributed by atoms with Crippen molar-refractivity contribution in [3.05, 3.63) is 30.3 Å². The van der Waals surface area contributed by atoms with Gasteiger partial charge in [-0.1, -0.05) is 31.5 Å². The minimum Gasteiger partial charge on any atom is -0.346 e. The lowest BCUT2D eigenvalue weighted by molar-refractivity contribution is -0.136. The Labute approximate surface area is 145 Å². The maximum Gasteiger partial charge on any atom is 0.229 e.